The van der Waals surface area contributed by atoms with E-state index in [1.54, 1.807) is 19.2 Å². The second-order valence-electron chi connectivity index (χ2n) is 6.18. The van der Waals surface area contributed by atoms with Gasteiger partial charge in [0.1, 0.15) is 11.5 Å². The molecule has 2 aliphatic rings. The molecule has 0 fully saturated rings. The number of fused-ring (bicyclic) bond motifs is 2. The normalized spacial score (nSPS) is 15.5. The van der Waals surface area contributed by atoms with Crippen molar-refractivity contribution >= 4 is 17.2 Å². The number of carbonyl (C=O) groups is 1. The van der Waals surface area contributed by atoms with Crippen molar-refractivity contribution in [1.29, 1.82) is 0 Å². The van der Waals surface area contributed by atoms with Gasteiger partial charge in [-0.3, -0.25) is 0 Å². The molecule has 1 heterocycles. The Kier molecular flexibility index (Phi) is 4.09. The van der Waals surface area contributed by atoms with Crippen LogP contribution in [0.1, 0.15) is 12.0 Å². The third-order valence-electron chi connectivity index (χ3n) is 4.69. The molecule has 2 aromatic carbocycles. The number of para-hydroxylation sites is 2. The van der Waals surface area contributed by atoms with E-state index in [0.717, 1.165) is 28.3 Å². The number of esters is 1. The fourth-order valence-electron chi connectivity index (χ4n) is 3.41. The summed E-state index contributed by atoms with van der Waals surface area (Å²) >= 11 is 0. The molecule has 0 bridgehead atoms. The van der Waals surface area contributed by atoms with Crippen LogP contribution in [-0.4, -0.2) is 20.1 Å². The molecular weight excluding hydrogens is 326 g/mol. The first-order valence-corrected chi connectivity index (χ1v) is 8.49. The second-order valence-corrected chi connectivity index (χ2v) is 6.18. The Bertz CT molecular complexity index is 954. The zero-order valence-electron chi connectivity index (χ0n) is 14.7. The molecule has 4 heteroatoms. The number of benzene rings is 2. The van der Waals surface area contributed by atoms with Crippen molar-refractivity contribution in [3.8, 4) is 5.75 Å². The van der Waals surface area contributed by atoms with Crippen molar-refractivity contribution < 1.29 is 14.3 Å². The lowest BCUT2D eigenvalue weighted by atomic mass is 9.87. The monoisotopic (exact) mass is 345 g/mol. The van der Waals surface area contributed by atoms with E-state index in [1.807, 2.05) is 61.7 Å². The van der Waals surface area contributed by atoms with Gasteiger partial charge in [-0.25, -0.2) is 4.79 Å². The molecule has 4 rings (SSSR count). The number of likely N-dealkylation sites (N-methyl/N-ethyl adjacent to an activating group) is 1. The van der Waals surface area contributed by atoms with Gasteiger partial charge >= 0.3 is 5.97 Å². The van der Waals surface area contributed by atoms with Crippen LogP contribution < -0.4 is 9.64 Å². The number of rotatable bonds is 3. The van der Waals surface area contributed by atoms with Gasteiger partial charge in [-0.2, -0.15) is 0 Å². The Morgan fingerprint density at radius 1 is 1.04 bits per heavy atom. The van der Waals surface area contributed by atoms with Crippen molar-refractivity contribution in [2.75, 3.05) is 19.1 Å². The summed E-state index contributed by atoms with van der Waals surface area (Å²) in [6, 6.07) is 17.0. The molecule has 4 nitrogen and oxygen atoms in total. The minimum absolute atomic E-state index is 0.341. The number of allylic oxidation sites excluding steroid dienone is 3. The maximum absolute atomic E-state index is 13.1. The van der Waals surface area contributed by atoms with Crippen LogP contribution in [-0.2, 0) is 9.53 Å². The van der Waals surface area contributed by atoms with E-state index in [-0.39, 0.29) is 5.97 Å². The van der Waals surface area contributed by atoms with E-state index in [9.17, 15) is 4.79 Å². The number of methoxy groups -OCH3 is 1. The van der Waals surface area contributed by atoms with Gasteiger partial charge in [-0.05, 0) is 36.3 Å². The molecule has 0 saturated carbocycles. The molecule has 0 amide bonds. The predicted octanol–water partition coefficient (Wildman–Crippen LogP) is 4.31. The lowest BCUT2D eigenvalue weighted by molar-refractivity contribution is -0.128. The lowest BCUT2D eigenvalue weighted by Crippen LogP contribution is -2.28. The Labute approximate surface area is 152 Å². The van der Waals surface area contributed by atoms with E-state index in [0.29, 0.717) is 17.7 Å². The predicted molar refractivity (Wildman–Crippen MR) is 102 cm³/mol. The first kappa shape index (κ1) is 16.2. The Balaban J connectivity index is 1.83. The van der Waals surface area contributed by atoms with Crippen molar-refractivity contribution in [2.24, 2.45) is 0 Å². The Morgan fingerprint density at radius 3 is 2.54 bits per heavy atom. The molecule has 0 spiro atoms. The maximum atomic E-state index is 13.1. The van der Waals surface area contributed by atoms with Crippen LogP contribution in [0.15, 0.2) is 83.8 Å². The highest BCUT2D eigenvalue weighted by Crippen LogP contribution is 2.43. The van der Waals surface area contributed by atoms with E-state index >= 15 is 0 Å². The van der Waals surface area contributed by atoms with Gasteiger partial charge in [0, 0.05) is 30.1 Å². The van der Waals surface area contributed by atoms with Crippen LogP contribution >= 0.6 is 0 Å². The zero-order chi connectivity index (χ0) is 18.1. The fourth-order valence-corrected chi connectivity index (χ4v) is 3.41. The molecule has 1 aliphatic carbocycles. The van der Waals surface area contributed by atoms with E-state index < -0.39 is 0 Å². The number of hydrogen-bond donors (Lipinski definition) is 0. The summed E-state index contributed by atoms with van der Waals surface area (Å²) in [4.78, 5) is 15.2. The number of hydrogen-bond acceptors (Lipinski definition) is 4. The van der Waals surface area contributed by atoms with Gasteiger partial charge in [0.05, 0.1) is 12.7 Å². The third kappa shape index (κ3) is 2.69. The van der Waals surface area contributed by atoms with Gasteiger partial charge in [0.25, 0.3) is 0 Å². The highest BCUT2D eigenvalue weighted by atomic mass is 16.5. The number of carbonyl (C=O) groups excluding carboxylic acids is 1. The van der Waals surface area contributed by atoms with Crippen molar-refractivity contribution in [2.45, 2.75) is 6.42 Å². The second kappa shape index (κ2) is 6.56. The molecular formula is C22H19NO3. The molecule has 0 radical (unpaired) electrons. The van der Waals surface area contributed by atoms with Crippen molar-refractivity contribution in [3.05, 3.63) is 89.3 Å². The minimum atomic E-state index is -0.341. The summed E-state index contributed by atoms with van der Waals surface area (Å²) in [7, 11) is 3.65. The lowest BCUT2D eigenvalue weighted by Gasteiger charge is -2.34. The summed E-state index contributed by atoms with van der Waals surface area (Å²) < 4.78 is 11.0. The average molecular weight is 345 g/mol. The number of anilines is 1. The third-order valence-corrected chi connectivity index (χ3v) is 4.69. The standard InChI is InChI=1S/C22H19NO3/c1-23-19-11-7-6-10-17(19)21(18-13-12-16(25-2)14-20(18)23)22(24)26-15-8-4-3-5-9-15/h3-12,14H,13H2,1-2H3. The summed E-state index contributed by atoms with van der Waals surface area (Å²) in [6.07, 6.45) is 4.56. The fraction of sp³-hybridized carbons (Fsp3) is 0.136. The SMILES string of the molecule is COC1=CCC2=C(C(=O)Oc3ccccc3)c3ccccc3N(C)C2=C1. The maximum Gasteiger partial charge on any atom is 0.344 e. The summed E-state index contributed by atoms with van der Waals surface area (Å²) in [6.45, 7) is 0. The molecule has 0 unspecified atom stereocenters. The molecule has 0 aromatic heterocycles. The summed E-state index contributed by atoms with van der Waals surface area (Å²) in [5, 5.41) is 0. The molecule has 0 atom stereocenters. The van der Waals surface area contributed by atoms with Gasteiger partial charge in [-0.15, -0.1) is 0 Å². The highest BCUT2D eigenvalue weighted by molar-refractivity contribution is 6.22. The molecule has 130 valence electrons. The van der Waals surface area contributed by atoms with Crippen LogP contribution in [0, 0.1) is 0 Å². The van der Waals surface area contributed by atoms with Crippen LogP contribution in [0.2, 0.25) is 0 Å². The van der Waals surface area contributed by atoms with Crippen molar-refractivity contribution in [1.82, 2.24) is 0 Å². The molecule has 0 saturated heterocycles. The van der Waals surface area contributed by atoms with Crippen LogP contribution in [0.5, 0.6) is 5.75 Å². The first-order valence-electron chi connectivity index (χ1n) is 8.49. The van der Waals surface area contributed by atoms with Gasteiger partial charge in [-0.1, -0.05) is 36.4 Å². The Hall–Kier alpha value is -3.27. The highest BCUT2D eigenvalue weighted by Gasteiger charge is 2.32. The first-order chi connectivity index (χ1) is 12.7. The number of ether oxygens (including phenoxy) is 2. The average Bonchev–Trinajstić information content (AvgIpc) is 2.69. The smallest absolute Gasteiger partial charge is 0.344 e. The molecule has 0 N–H and O–H groups in total. The van der Waals surface area contributed by atoms with Gasteiger partial charge < -0.3 is 14.4 Å². The minimum Gasteiger partial charge on any atom is -0.497 e. The van der Waals surface area contributed by atoms with Crippen LogP contribution in [0.3, 0.4) is 0 Å². The van der Waals surface area contributed by atoms with Gasteiger partial charge in [0.2, 0.25) is 0 Å². The zero-order valence-corrected chi connectivity index (χ0v) is 14.7. The molecule has 26 heavy (non-hydrogen) atoms. The molecule has 1 aliphatic heterocycles. The summed E-state index contributed by atoms with van der Waals surface area (Å²) in [5.74, 6) is 0.995. The Morgan fingerprint density at radius 2 is 1.77 bits per heavy atom. The summed E-state index contributed by atoms with van der Waals surface area (Å²) in [5.41, 5.74) is 4.38. The van der Waals surface area contributed by atoms with Crippen LogP contribution in [0.4, 0.5) is 5.69 Å². The largest absolute Gasteiger partial charge is 0.497 e. The molecule has 2 aromatic rings. The number of nitrogens with zero attached hydrogens (tertiary/aromatic N) is 1. The van der Waals surface area contributed by atoms with Gasteiger partial charge in [0.15, 0.2) is 0 Å². The topological polar surface area (TPSA) is 38.8 Å². The van der Waals surface area contributed by atoms with Crippen molar-refractivity contribution in [3.63, 3.8) is 0 Å². The van der Waals surface area contributed by atoms with E-state index in [1.165, 1.54) is 0 Å². The van der Waals surface area contributed by atoms with Crippen LogP contribution in [0.25, 0.3) is 5.57 Å². The van der Waals surface area contributed by atoms with E-state index in [4.69, 9.17) is 9.47 Å². The quantitative estimate of drug-likeness (QED) is 0.614. The van der Waals surface area contributed by atoms with E-state index in [2.05, 4.69) is 4.90 Å².